The maximum atomic E-state index is 5.04. The van der Waals surface area contributed by atoms with Gasteiger partial charge in [-0.15, -0.1) is 0 Å². The number of nitrogens with zero attached hydrogens (tertiary/aromatic N) is 1. The van der Waals surface area contributed by atoms with Gasteiger partial charge in [-0.3, -0.25) is 0 Å². The molecule has 0 spiro atoms. The monoisotopic (exact) mass is 128 g/mol. The lowest BCUT2D eigenvalue weighted by Crippen LogP contribution is -1.95. The van der Waals surface area contributed by atoms with Gasteiger partial charge in [-0.2, -0.15) is 5.10 Å². The first-order valence-electron chi connectivity index (χ1n) is 3.54. The Bertz CT molecular complexity index is 86.9. The van der Waals surface area contributed by atoms with Gasteiger partial charge in [-0.1, -0.05) is 19.8 Å². The number of rotatable bonds is 4. The summed E-state index contributed by atoms with van der Waals surface area (Å²) in [5.74, 6) is 5.04. The van der Waals surface area contributed by atoms with Crippen LogP contribution in [0, 0.1) is 0 Å². The molecule has 0 unspecified atom stereocenters. The first kappa shape index (κ1) is 8.47. The third-order valence-corrected chi connectivity index (χ3v) is 1.36. The van der Waals surface area contributed by atoms with E-state index in [1.165, 1.54) is 19.3 Å². The molecular formula is C7H16N2. The minimum absolute atomic E-state index is 1.06. The molecule has 2 heteroatoms. The topological polar surface area (TPSA) is 38.4 Å². The number of hydrogen-bond acceptors (Lipinski definition) is 2. The highest BCUT2D eigenvalue weighted by Crippen LogP contribution is 1.99. The van der Waals surface area contributed by atoms with Crippen LogP contribution in [-0.4, -0.2) is 5.71 Å². The predicted octanol–water partition coefficient (Wildman–Crippen LogP) is 1.90. The van der Waals surface area contributed by atoms with Gasteiger partial charge in [0, 0.05) is 5.71 Å². The second-order valence-corrected chi connectivity index (χ2v) is 2.32. The van der Waals surface area contributed by atoms with E-state index in [1.54, 1.807) is 0 Å². The lowest BCUT2D eigenvalue weighted by Gasteiger charge is -1.95. The van der Waals surface area contributed by atoms with Crippen LogP contribution in [0.5, 0.6) is 0 Å². The Morgan fingerprint density at radius 3 is 2.56 bits per heavy atom. The third kappa shape index (κ3) is 5.34. The summed E-state index contributed by atoms with van der Waals surface area (Å²) in [6.45, 7) is 4.16. The van der Waals surface area contributed by atoms with Crippen molar-refractivity contribution in [1.29, 1.82) is 0 Å². The van der Waals surface area contributed by atoms with Crippen LogP contribution >= 0.6 is 0 Å². The van der Waals surface area contributed by atoms with E-state index in [-0.39, 0.29) is 0 Å². The standard InChI is InChI=1S/C7H16N2/c1-3-4-5-6-7(2)9-8/h3-6,8H2,1-2H3/b9-7+. The summed E-state index contributed by atoms with van der Waals surface area (Å²) in [6.07, 6.45) is 4.83. The van der Waals surface area contributed by atoms with Crippen molar-refractivity contribution in [1.82, 2.24) is 0 Å². The fraction of sp³-hybridized carbons (Fsp3) is 0.857. The van der Waals surface area contributed by atoms with Gasteiger partial charge in [0.2, 0.25) is 0 Å². The minimum atomic E-state index is 1.06. The van der Waals surface area contributed by atoms with E-state index >= 15 is 0 Å². The van der Waals surface area contributed by atoms with Crippen LogP contribution in [0.1, 0.15) is 39.5 Å². The van der Waals surface area contributed by atoms with E-state index < -0.39 is 0 Å². The molecule has 0 aromatic heterocycles. The first-order chi connectivity index (χ1) is 4.31. The summed E-state index contributed by atoms with van der Waals surface area (Å²) >= 11 is 0. The molecule has 2 N–H and O–H groups in total. The van der Waals surface area contributed by atoms with Crippen LogP contribution in [0.25, 0.3) is 0 Å². The molecule has 0 rings (SSSR count). The van der Waals surface area contributed by atoms with E-state index in [4.69, 9.17) is 5.84 Å². The van der Waals surface area contributed by atoms with Gasteiger partial charge in [0.05, 0.1) is 0 Å². The van der Waals surface area contributed by atoms with Crippen molar-refractivity contribution >= 4 is 5.71 Å². The molecule has 9 heavy (non-hydrogen) atoms. The van der Waals surface area contributed by atoms with Crippen molar-refractivity contribution in [3.05, 3.63) is 0 Å². The van der Waals surface area contributed by atoms with Crippen LogP contribution in [0.2, 0.25) is 0 Å². The van der Waals surface area contributed by atoms with Crippen LogP contribution in [0.15, 0.2) is 5.10 Å². The van der Waals surface area contributed by atoms with Gasteiger partial charge < -0.3 is 5.84 Å². The highest BCUT2D eigenvalue weighted by molar-refractivity contribution is 5.81. The molecule has 0 aliphatic rings. The molecule has 0 heterocycles. The molecule has 0 bridgehead atoms. The fourth-order valence-electron chi connectivity index (χ4n) is 0.695. The molecule has 0 fully saturated rings. The Morgan fingerprint density at radius 2 is 2.11 bits per heavy atom. The minimum Gasteiger partial charge on any atom is -0.323 e. The molecule has 0 atom stereocenters. The van der Waals surface area contributed by atoms with Crippen LogP contribution in [-0.2, 0) is 0 Å². The predicted molar refractivity (Wildman–Crippen MR) is 41.4 cm³/mol. The summed E-state index contributed by atoms with van der Waals surface area (Å²) in [5.41, 5.74) is 1.06. The van der Waals surface area contributed by atoms with Gasteiger partial charge >= 0.3 is 0 Å². The van der Waals surface area contributed by atoms with E-state index in [0.29, 0.717) is 0 Å². The fourth-order valence-corrected chi connectivity index (χ4v) is 0.695. The molecular weight excluding hydrogens is 112 g/mol. The maximum Gasteiger partial charge on any atom is 0.0345 e. The van der Waals surface area contributed by atoms with Crippen LogP contribution in [0.4, 0.5) is 0 Å². The zero-order valence-corrected chi connectivity index (χ0v) is 6.35. The molecule has 2 nitrogen and oxygen atoms in total. The molecule has 54 valence electrons. The molecule has 0 saturated heterocycles. The second-order valence-electron chi connectivity index (χ2n) is 2.32. The molecule has 0 saturated carbocycles. The molecule has 0 aliphatic heterocycles. The lowest BCUT2D eigenvalue weighted by atomic mass is 10.1. The smallest absolute Gasteiger partial charge is 0.0345 e. The largest absolute Gasteiger partial charge is 0.323 e. The van der Waals surface area contributed by atoms with Crippen molar-refractivity contribution in [2.24, 2.45) is 10.9 Å². The van der Waals surface area contributed by atoms with Crippen molar-refractivity contribution in [3.8, 4) is 0 Å². The van der Waals surface area contributed by atoms with Gasteiger partial charge in [0.15, 0.2) is 0 Å². The second kappa shape index (κ2) is 5.60. The molecule has 0 amide bonds. The molecule has 0 aliphatic carbocycles. The lowest BCUT2D eigenvalue weighted by molar-refractivity contribution is 0.740. The average molecular weight is 128 g/mol. The quantitative estimate of drug-likeness (QED) is 0.267. The average Bonchev–Trinajstić information content (AvgIpc) is 1.89. The van der Waals surface area contributed by atoms with E-state index in [0.717, 1.165) is 12.1 Å². The number of unbranched alkanes of at least 4 members (excludes halogenated alkanes) is 2. The molecule has 0 aromatic carbocycles. The maximum absolute atomic E-state index is 5.04. The SMILES string of the molecule is CCCCC/C(C)=N/N. The van der Waals surface area contributed by atoms with Gasteiger partial charge in [-0.05, 0) is 19.8 Å². The summed E-state index contributed by atoms with van der Waals surface area (Å²) in [5, 5.41) is 3.58. The summed E-state index contributed by atoms with van der Waals surface area (Å²) < 4.78 is 0. The number of hydrazone groups is 1. The molecule has 0 aromatic rings. The Balaban J connectivity index is 3.07. The van der Waals surface area contributed by atoms with E-state index in [2.05, 4.69) is 12.0 Å². The molecule has 0 radical (unpaired) electrons. The van der Waals surface area contributed by atoms with Gasteiger partial charge in [0.25, 0.3) is 0 Å². The zero-order chi connectivity index (χ0) is 7.11. The van der Waals surface area contributed by atoms with Crippen molar-refractivity contribution < 1.29 is 0 Å². The summed E-state index contributed by atoms with van der Waals surface area (Å²) in [6, 6.07) is 0. The normalized spacial score (nSPS) is 12.0. The zero-order valence-electron chi connectivity index (χ0n) is 6.35. The summed E-state index contributed by atoms with van der Waals surface area (Å²) in [4.78, 5) is 0. The first-order valence-corrected chi connectivity index (χ1v) is 3.54. The number of nitrogens with two attached hydrogens (primary N) is 1. The number of hydrogen-bond donors (Lipinski definition) is 1. The van der Waals surface area contributed by atoms with Crippen molar-refractivity contribution in [2.75, 3.05) is 0 Å². The highest BCUT2D eigenvalue weighted by Gasteiger charge is 1.88. The van der Waals surface area contributed by atoms with Gasteiger partial charge in [-0.25, -0.2) is 0 Å². The third-order valence-electron chi connectivity index (χ3n) is 1.36. The van der Waals surface area contributed by atoms with Gasteiger partial charge in [0.1, 0.15) is 0 Å². The Hall–Kier alpha value is -0.530. The van der Waals surface area contributed by atoms with Crippen molar-refractivity contribution in [2.45, 2.75) is 39.5 Å². The van der Waals surface area contributed by atoms with Crippen LogP contribution in [0.3, 0.4) is 0 Å². The summed E-state index contributed by atoms with van der Waals surface area (Å²) in [7, 11) is 0. The highest BCUT2D eigenvalue weighted by atomic mass is 15.1. The Morgan fingerprint density at radius 1 is 1.44 bits per heavy atom. The van der Waals surface area contributed by atoms with Crippen molar-refractivity contribution in [3.63, 3.8) is 0 Å². The Labute approximate surface area is 57.1 Å². The van der Waals surface area contributed by atoms with E-state index in [9.17, 15) is 0 Å². The Kier molecular flexibility index (Phi) is 5.27. The van der Waals surface area contributed by atoms with E-state index in [1.807, 2.05) is 6.92 Å². The van der Waals surface area contributed by atoms with Crippen LogP contribution < -0.4 is 5.84 Å².